The molecule has 1 aliphatic rings. The summed E-state index contributed by atoms with van der Waals surface area (Å²) in [7, 11) is 1.61. The zero-order valence-electron chi connectivity index (χ0n) is 10.8. The van der Waals surface area contributed by atoms with Crippen LogP contribution in [0.15, 0.2) is 36.5 Å². The molecule has 1 aliphatic heterocycles. The number of benzene rings is 1. The number of hydrogen-bond donors (Lipinski definition) is 1. The van der Waals surface area contributed by atoms with Crippen LogP contribution >= 0.6 is 0 Å². The van der Waals surface area contributed by atoms with E-state index in [4.69, 9.17) is 9.47 Å². The normalized spacial score (nSPS) is 13.3. The summed E-state index contributed by atoms with van der Waals surface area (Å²) in [4.78, 5) is 4.22. The van der Waals surface area contributed by atoms with E-state index in [1.165, 1.54) is 5.56 Å². The first-order chi connectivity index (χ1) is 9.38. The highest BCUT2D eigenvalue weighted by atomic mass is 16.5. The first kappa shape index (κ1) is 11.8. The van der Waals surface area contributed by atoms with Gasteiger partial charge in [0.05, 0.1) is 12.8 Å². The maximum atomic E-state index is 5.90. The molecule has 2 aromatic rings. The maximum Gasteiger partial charge on any atom is 0.262 e. The molecular weight excluding hydrogens is 240 g/mol. The predicted octanol–water partition coefficient (Wildman–Crippen LogP) is 3.24. The van der Waals surface area contributed by atoms with Gasteiger partial charge in [-0.2, -0.15) is 0 Å². The Morgan fingerprint density at radius 3 is 2.95 bits per heavy atom. The van der Waals surface area contributed by atoms with E-state index < -0.39 is 0 Å². The van der Waals surface area contributed by atoms with Crippen LogP contribution in [0.1, 0.15) is 12.0 Å². The maximum absolute atomic E-state index is 5.90. The van der Waals surface area contributed by atoms with Crippen molar-refractivity contribution in [1.29, 1.82) is 0 Å². The minimum absolute atomic E-state index is 0.491. The van der Waals surface area contributed by atoms with Gasteiger partial charge in [0.15, 0.2) is 11.5 Å². The molecule has 0 saturated carbocycles. The third-order valence-electron chi connectivity index (χ3n) is 3.20. The van der Waals surface area contributed by atoms with E-state index >= 15 is 0 Å². The fourth-order valence-electron chi connectivity index (χ4n) is 2.28. The zero-order valence-corrected chi connectivity index (χ0v) is 10.8. The fourth-order valence-corrected chi connectivity index (χ4v) is 2.28. The van der Waals surface area contributed by atoms with Crippen LogP contribution in [0.3, 0.4) is 0 Å². The molecule has 3 rings (SSSR count). The van der Waals surface area contributed by atoms with Gasteiger partial charge in [-0.1, -0.05) is 12.1 Å². The summed E-state index contributed by atoms with van der Waals surface area (Å²) in [6, 6.07) is 9.75. The number of hydrogen-bond acceptors (Lipinski definition) is 4. The van der Waals surface area contributed by atoms with Gasteiger partial charge in [-0.15, -0.1) is 0 Å². The predicted molar refractivity (Wildman–Crippen MR) is 74.1 cm³/mol. The second-order valence-electron chi connectivity index (χ2n) is 4.43. The molecule has 0 bridgehead atoms. The van der Waals surface area contributed by atoms with Crippen molar-refractivity contribution in [3.8, 4) is 17.4 Å². The second-order valence-corrected chi connectivity index (χ2v) is 4.43. The van der Waals surface area contributed by atoms with Gasteiger partial charge in [-0.3, -0.25) is 0 Å². The van der Waals surface area contributed by atoms with Gasteiger partial charge in [0, 0.05) is 12.7 Å². The van der Waals surface area contributed by atoms with Gasteiger partial charge in [0.1, 0.15) is 0 Å². The number of ether oxygens (including phenoxy) is 2. The van der Waals surface area contributed by atoms with Gasteiger partial charge in [-0.05, 0) is 36.6 Å². The van der Waals surface area contributed by atoms with Crippen LogP contribution in [-0.4, -0.2) is 18.6 Å². The molecule has 0 fully saturated rings. The number of anilines is 1. The Bertz CT molecular complexity index is 584. The summed E-state index contributed by atoms with van der Waals surface area (Å²) in [6.45, 7) is 0.979. The number of fused-ring (bicyclic) bond motifs is 1. The largest absolute Gasteiger partial charge is 0.491 e. The average molecular weight is 256 g/mol. The number of methoxy groups -OCH3 is 1. The van der Waals surface area contributed by atoms with Crippen LogP contribution in [0.2, 0.25) is 0 Å². The van der Waals surface area contributed by atoms with E-state index in [0.29, 0.717) is 11.6 Å². The van der Waals surface area contributed by atoms with Crippen molar-refractivity contribution in [3.05, 3.63) is 42.1 Å². The molecule has 0 radical (unpaired) electrons. The van der Waals surface area contributed by atoms with Crippen molar-refractivity contribution in [3.63, 3.8) is 0 Å². The molecule has 4 nitrogen and oxygen atoms in total. The first-order valence-electron chi connectivity index (χ1n) is 6.41. The van der Waals surface area contributed by atoms with Gasteiger partial charge in [-0.25, -0.2) is 4.98 Å². The number of nitrogens with one attached hydrogen (secondary N) is 1. The quantitative estimate of drug-likeness (QED) is 0.915. The Balaban J connectivity index is 1.95. The topological polar surface area (TPSA) is 43.4 Å². The summed E-state index contributed by atoms with van der Waals surface area (Å²) in [5.74, 6) is 1.93. The summed E-state index contributed by atoms with van der Waals surface area (Å²) in [5.41, 5.74) is 2.36. The molecule has 2 heterocycles. The number of nitrogens with zero attached hydrogens (tertiary/aromatic N) is 1. The standard InChI is InChI=1S/C15H16N2O2/c1-18-13-8-4-10-17-15(13)19-12-7-2-5-11-6-3-9-16-14(11)12/h2,4-5,7-8,10,16H,3,6,9H2,1H3. The summed E-state index contributed by atoms with van der Waals surface area (Å²) in [5, 5.41) is 3.40. The highest BCUT2D eigenvalue weighted by Gasteiger charge is 2.15. The number of para-hydroxylation sites is 1. The zero-order chi connectivity index (χ0) is 13.1. The lowest BCUT2D eigenvalue weighted by Gasteiger charge is -2.21. The van der Waals surface area contributed by atoms with Crippen LogP contribution in [0.25, 0.3) is 0 Å². The molecular formula is C15H16N2O2. The minimum Gasteiger partial charge on any atom is -0.491 e. The second kappa shape index (κ2) is 5.18. The van der Waals surface area contributed by atoms with Crippen LogP contribution in [-0.2, 0) is 6.42 Å². The van der Waals surface area contributed by atoms with Crippen LogP contribution in [0, 0.1) is 0 Å². The average Bonchev–Trinajstić information content (AvgIpc) is 2.48. The van der Waals surface area contributed by atoms with E-state index in [2.05, 4.69) is 16.4 Å². The Hall–Kier alpha value is -2.23. The molecule has 4 heteroatoms. The van der Waals surface area contributed by atoms with E-state index in [9.17, 15) is 0 Å². The van der Waals surface area contributed by atoms with Crippen molar-refractivity contribution in [2.75, 3.05) is 19.0 Å². The monoisotopic (exact) mass is 256 g/mol. The van der Waals surface area contributed by atoms with Crippen molar-refractivity contribution < 1.29 is 9.47 Å². The van der Waals surface area contributed by atoms with Crippen LogP contribution in [0.4, 0.5) is 5.69 Å². The van der Waals surface area contributed by atoms with E-state index in [-0.39, 0.29) is 0 Å². The lowest BCUT2D eigenvalue weighted by atomic mass is 10.0. The lowest BCUT2D eigenvalue weighted by Crippen LogP contribution is -2.12. The SMILES string of the molecule is COc1cccnc1Oc1cccc2c1NCCC2. The van der Waals surface area contributed by atoms with Gasteiger partial charge >= 0.3 is 0 Å². The molecule has 98 valence electrons. The molecule has 0 atom stereocenters. The number of pyridine rings is 1. The molecule has 19 heavy (non-hydrogen) atoms. The molecule has 0 spiro atoms. The van der Waals surface area contributed by atoms with Crippen molar-refractivity contribution in [2.45, 2.75) is 12.8 Å². The molecule has 0 saturated heterocycles. The fraction of sp³-hybridized carbons (Fsp3) is 0.267. The molecule has 0 amide bonds. The lowest BCUT2D eigenvalue weighted by molar-refractivity contribution is 0.370. The van der Waals surface area contributed by atoms with Gasteiger partial charge < -0.3 is 14.8 Å². The smallest absolute Gasteiger partial charge is 0.262 e. The third kappa shape index (κ3) is 2.34. The Morgan fingerprint density at radius 1 is 1.16 bits per heavy atom. The highest BCUT2D eigenvalue weighted by molar-refractivity contribution is 5.64. The van der Waals surface area contributed by atoms with Crippen molar-refractivity contribution >= 4 is 5.69 Å². The Labute approximate surface area is 112 Å². The van der Waals surface area contributed by atoms with Gasteiger partial charge in [0.25, 0.3) is 5.88 Å². The highest BCUT2D eigenvalue weighted by Crippen LogP contribution is 2.36. The molecule has 1 aromatic carbocycles. The van der Waals surface area contributed by atoms with E-state index in [0.717, 1.165) is 30.8 Å². The number of rotatable bonds is 3. The Kier molecular flexibility index (Phi) is 3.23. The summed E-state index contributed by atoms with van der Waals surface area (Å²) >= 11 is 0. The molecule has 1 aromatic heterocycles. The summed E-state index contributed by atoms with van der Waals surface area (Å²) < 4.78 is 11.2. The molecule has 1 N–H and O–H groups in total. The first-order valence-corrected chi connectivity index (χ1v) is 6.41. The number of aromatic nitrogens is 1. The van der Waals surface area contributed by atoms with Gasteiger partial charge in [0.2, 0.25) is 0 Å². The molecule has 0 unspecified atom stereocenters. The van der Waals surface area contributed by atoms with E-state index in [1.54, 1.807) is 13.3 Å². The summed E-state index contributed by atoms with van der Waals surface area (Å²) in [6.07, 6.45) is 3.93. The van der Waals surface area contributed by atoms with Crippen LogP contribution < -0.4 is 14.8 Å². The molecule has 0 aliphatic carbocycles. The van der Waals surface area contributed by atoms with Crippen LogP contribution in [0.5, 0.6) is 17.4 Å². The van der Waals surface area contributed by atoms with Crippen molar-refractivity contribution in [2.24, 2.45) is 0 Å². The number of aryl methyl sites for hydroxylation is 1. The Morgan fingerprint density at radius 2 is 2.05 bits per heavy atom. The third-order valence-corrected chi connectivity index (χ3v) is 3.20. The minimum atomic E-state index is 0.491. The van der Waals surface area contributed by atoms with E-state index in [1.807, 2.05) is 24.3 Å². The van der Waals surface area contributed by atoms with Crippen molar-refractivity contribution in [1.82, 2.24) is 4.98 Å².